The summed E-state index contributed by atoms with van der Waals surface area (Å²) in [4.78, 5) is 47.1. The summed E-state index contributed by atoms with van der Waals surface area (Å²) in [5.41, 5.74) is 4.12. The quantitative estimate of drug-likeness (QED) is 0.308. The van der Waals surface area contributed by atoms with Gasteiger partial charge in [-0.25, -0.2) is 0 Å². The van der Waals surface area contributed by atoms with E-state index >= 15 is 0 Å². The molecule has 0 spiro atoms. The first-order valence-electron chi connectivity index (χ1n) is 15.2. The standard InChI is InChI=1S/C34H36Cl2N4O4/c1-37(32(41)21-40-29-18-27(35)28(36)19-31(29)44-22-33(40)42)30(20-38-13-2-3-14-38)24-11-9-23(10-12-24)25-7-6-8-26(17-25)34(43)39-15-4-5-16-39/h6-12,17-19,30H,2-5,13-16,20-22H2,1H3. The van der Waals surface area contributed by atoms with Crippen molar-refractivity contribution >= 4 is 46.6 Å². The number of ether oxygens (including phenoxy) is 1. The topological polar surface area (TPSA) is 73.4 Å². The van der Waals surface area contributed by atoms with Gasteiger partial charge in [-0.2, -0.15) is 0 Å². The molecule has 2 fully saturated rings. The van der Waals surface area contributed by atoms with E-state index in [-0.39, 0.29) is 41.9 Å². The minimum atomic E-state index is -0.316. The van der Waals surface area contributed by atoms with Gasteiger partial charge in [-0.1, -0.05) is 59.6 Å². The van der Waals surface area contributed by atoms with E-state index in [4.69, 9.17) is 27.9 Å². The molecule has 44 heavy (non-hydrogen) atoms. The van der Waals surface area contributed by atoms with E-state index in [9.17, 15) is 14.4 Å². The highest BCUT2D eigenvalue weighted by Gasteiger charge is 2.32. The Morgan fingerprint density at radius 2 is 1.57 bits per heavy atom. The van der Waals surface area contributed by atoms with E-state index in [2.05, 4.69) is 29.2 Å². The van der Waals surface area contributed by atoms with Gasteiger partial charge in [0.15, 0.2) is 6.61 Å². The Bertz CT molecular complexity index is 1550. The van der Waals surface area contributed by atoms with Crippen LogP contribution in [0.1, 0.15) is 47.6 Å². The molecule has 3 amide bonds. The van der Waals surface area contributed by atoms with Gasteiger partial charge >= 0.3 is 0 Å². The first kappa shape index (κ1) is 30.4. The van der Waals surface area contributed by atoms with Crippen LogP contribution in [0.2, 0.25) is 10.0 Å². The zero-order chi connectivity index (χ0) is 30.8. The molecular formula is C34H36Cl2N4O4. The van der Waals surface area contributed by atoms with Crippen LogP contribution < -0.4 is 9.64 Å². The van der Waals surface area contributed by atoms with Crippen molar-refractivity contribution < 1.29 is 19.1 Å². The molecule has 0 saturated carbocycles. The summed E-state index contributed by atoms with van der Waals surface area (Å²) >= 11 is 12.4. The Morgan fingerprint density at radius 3 is 2.30 bits per heavy atom. The second kappa shape index (κ2) is 13.2. The summed E-state index contributed by atoms with van der Waals surface area (Å²) in [7, 11) is 1.80. The Hall–Kier alpha value is -3.59. The second-order valence-electron chi connectivity index (χ2n) is 11.7. The van der Waals surface area contributed by atoms with E-state index in [1.54, 1.807) is 24.1 Å². The average molecular weight is 636 g/mol. The van der Waals surface area contributed by atoms with Crippen molar-refractivity contribution in [3.05, 3.63) is 81.8 Å². The molecule has 230 valence electrons. The van der Waals surface area contributed by atoms with Crippen LogP contribution >= 0.6 is 23.2 Å². The molecule has 0 aliphatic carbocycles. The van der Waals surface area contributed by atoms with E-state index in [1.807, 2.05) is 29.2 Å². The molecule has 10 heteroatoms. The Balaban J connectivity index is 1.22. The molecule has 1 unspecified atom stereocenters. The molecule has 0 N–H and O–H groups in total. The summed E-state index contributed by atoms with van der Waals surface area (Å²) in [5.74, 6) is -0.00872. The van der Waals surface area contributed by atoms with Gasteiger partial charge in [-0.3, -0.25) is 19.3 Å². The molecule has 0 aromatic heterocycles. The summed E-state index contributed by atoms with van der Waals surface area (Å²) in [6, 6.07) is 18.9. The number of anilines is 1. The van der Waals surface area contributed by atoms with Gasteiger partial charge in [0.25, 0.3) is 11.8 Å². The number of hydrogen-bond donors (Lipinski definition) is 0. The van der Waals surface area contributed by atoms with Gasteiger partial charge in [-0.05, 0) is 73.7 Å². The highest BCUT2D eigenvalue weighted by atomic mass is 35.5. The SMILES string of the molecule is CN(C(=O)CN1C(=O)COc2cc(Cl)c(Cl)cc21)C(CN1CCCC1)c1ccc(-c2cccc(C(=O)N3CCCC3)c2)cc1. The van der Waals surface area contributed by atoms with Crippen LogP contribution in [0.15, 0.2) is 60.7 Å². The Kier molecular flexibility index (Phi) is 9.12. The molecule has 3 aliphatic heterocycles. The number of likely N-dealkylation sites (N-methyl/N-ethyl adjacent to an activating group) is 1. The third kappa shape index (κ3) is 6.43. The Morgan fingerprint density at radius 1 is 0.886 bits per heavy atom. The number of benzene rings is 3. The lowest BCUT2D eigenvalue weighted by molar-refractivity contribution is -0.133. The number of rotatable bonds is 8. The fourth-order valence-corrected chi connectivity index (χ4v) is 6.60. The maximum atomic E-state index is 13.8. The molecule has 2 saturated heterocycles. The van der Waals surface area contributed by atoms with E-state index in [0.717, 1.165) is 68.6 Å². The van der Waals surface area contributed by atoms with E-state index in [0.29, 0.717) is 28.6 Å². The molecule has 0 radical (unpaired) electrons. The normalized spacial score (nSPS) is 17.4. The lowest BCUT2D eigenvalue weighted by atomic mass is 9.98. The van der Waals surface area contributed by atoms with Gasteiger partial charge in [0, 0.05) is 38.3 Å². The molecule has 3 aromatic carbocycles. The van der Waals surface area contributed by atoms with E-state index < -0.39 is 0 Å². The largest absolute Gasteiger partial charge is 0.482 e. The first-order valence-corrected chi connectivity index (χ1v) is 15.9. The lowest BCUT2D eigenvalue weighted by Crippen LogP contribution is -2.47. The van der Waals surface area contributed by atoms with Crippen LogP contribution in [0.4, 0.5) is 5.69 Å². The summed E-state index contributed by atoms with van der Waals surface area (Å²) < 4.78 is 5.56. The molecule has 0 bridgehead atoms. The fourth-order valence-electron chi connectivity index (χ4n) is 6.28. The number of fused-ring (bicyclic) bond motifs is 1. The third-order valence-corrected chi connectivity index (χ3v) is 9.58. The van der Waals surface area contributed by atoms with Crippen LogP contribution in [-0.2, 0) is 9.59 Å². The van der Waals surface area contributed by atoms with Crippen molar-refractivity contribution in [2.24, 2.45) is 0 Å². The molecule has 8 nitrogen and oxygen atoms in total. The van der Waals surface area contributed by atoms with Crippen molar-refractivity contribution in [2.75, 3.05) is 57.8 Å². The number of nitrogens with zero attached hydrogens (tertiary/aromatic N) is 4. The summed E-state index contributed by atoms with van der Waals surface area (Å²) in [6.07, 6.45) is 4.39. The molecule has 6 rings (SSSR count). The van der Waals surface area contributed by atoms with Crippen molar-refractivity contribution in [3.63, 3.8) is 0 Å². The van der Waals surface area contributed by atoms with E-state index in [1.165, 1.54) is 4.90 Å². The molecular weight excluding hydrogens is 599 g/mol. The van der Waals surface area contributed by atoms with Gasteiger partial charge in [0.1, 0.15) is 12.3 Å². The summed E-state index contributed by atoms with van der Waals surface area (Å²) in [5, 5.41) is 0.606. The van der Waals surface area contributed by atoms with Crippen LogP contribution in [-0.4, -0.2) is 85.3 Å². The first-order chi connectivity index (χ1) is 21.3. The van der Waals surface area contributed by atoms with Gasteiger partial charge in [0.2, 0.25) is 5.91 Å². The van der Waals surface area contributed by atoms with Crippen molar-refractivity contribution in [1.82, 2.24) is 14.7 Å². The minimum Gasteiger partial charge on any atom is -0.482 e. The fraction of sp³-hybridized carbons (Fsp3) is 0.382. The van der Waals surface area contributed by atoms with Crippen LogP contribution in [0.25, 0.3) is 11.1 Å². The average Bonchev–Trinajstić information content (AvgIpc) is 3.77. The molecule has 3 aliphatic rings. The second-order valence-corrected chi connectivity index (χ2v) is 12.5. The predicted octanol–water partition coefficient (Wildman–Crippen LogP) is 5.92. The monoisotopic (exact) mass is 634 g/mol. The number of carbonyl (C=O) groups is 3. The van der Waals surface area contributed by atoms with Gasteiger partial charge < -0.3 is 19.4 Å². The van der Waals surface area contributed by atoms with Crippen molar-refractivity contribution in [3.8, 4) is 16.9 Å². The van der Waals surface area contributed by atoms with Crippen LogP contribution in [0.5, 0.6) is 5.75 Å². The van der Waals surface area contributed by atoms with Gasteiger partial charge in [-0.15, -0.1) is 0 Å². The highest BCUT2D eigenvalue weighted by Crippen LogP contribution is 2.39. The van der Waals surface area contributed by atoms with Crippen molar-refractivity contribution in [2.45, 2.75) is 31.7 Å². The smallest absolute Gasteiger partial charge is 0.265 e. The highest BCUT2D eigenvalue weighted by molar-refractivity contribution is 6.42. The number of amides is 3. The minimum absolute atomic E-state index is 0.0820. The van der Waals surface area contributed by atoms with Crippen molar-refractivity contribution in [1.29, 1.82) is 0 Å². The Labute approximate surface area is 268 Å². The van der Waals surface area contributed by atoms with Crippen LogP contribution in [0, 0.1) is 0 Å². The maximum absolute atomic E-state index is 13.8. The maximum Gasteiger partial charge on any atom is 0.265 e. The molecule has 3 aromatic rings. The lowest BCUT2D eigenvalue weighted by Gasteiger charge is -2.35. The number of hydrogen-bond acceptors (Lipinski definition) is 5. The third-order valence-electron chi connectivity index (χ3n) is 8.86. The number of carbonyl (C=O) groups excluding carboxylic acids is 3. The molecule has 1 atom stereocenters. The number of halogens is 2. The zero-order valence-corrected chi connectivity index (χ0v) is 26.3. The van der Waals surface area contributed by atoms with Crippen LogP contribution in [0.3, 0.4) is 0 Å². The predicted molar refractivity (Wildman–Crippen MR) is 173 cm³/mol. The zero-order valence-electron chi connectivity index (χ0n) is 24.8. The van der Waals surface area contributed by atoms with Gasteiger partial charge in [0.05, 0.1) is 21.8 Å². The summed E-state index contributed by atoms with van der Waals surface area (Å²) in [6.45, 7) is 3.98. The molecule has 3 heterocycles. The number of likely N-dealkylation sites (tertiary alicyclic amines) is 2.